The van der Waals surface area contributed by atoms with Crippen LogP contribution in [0.15, 0.2) is 24.3 Å². The number of aliphatic hydroxyl groups is 1. The summed E-state index contributed by atoms with van der Waals surface area (Å²) in [5, 5.41) is 22.4. The Hall–Kier alpha value is -2.68. The molecule has 9 nitrogen and oxygen atoms in total. The Bertz CT molecular complexity index is 634. The van der Waals surface area contributed by atoms with E-state index >= 15 is 0 Å². The molecule has 1 fully saturated rings. The summed E-state index contributed by atoms with van der Waals surface area (Å²) in [6.07, 6.45) is -1.37. The second-order valence-electron chi connectivity index (χ2n) is 5.40. The number of carbonyl (C=O) groups excluding carboxylic acids is 2. The average Bonchev–Trinajstić information content (AvgIpc) is 2.52. The number of nitrogens with one attached hydrogen (secondary N) is 1. The van der Waals surface area contributed by atoms with Crippen LogP contribution in [-0.2, 0) is 20.9 Å². The highest BCUT2D eigenvalue weighted by atomic mass is 16.7. The van der Waals surface area contributed by atoms with E-state index in [0.717, 1.165) is 0 Å². The maximum atomic E-state index is 11.7. The molecule has 1 aromatic carbocycles. The summed E-state index contributed by atoms with van der Waals surface area (Å²) in [5.74, 6) is -0.803. The number of β-lactam (4-membered cyclic amide) rings is 1. The largest absolute Gasteiger partial charge is 0.508 e. The maximum absolute atomic E-state index is 11.7. The van der Waals surface area contributed by atoms with Gasteiger partial charge in [0.25, 0.3) is 5.69 Å². The molecule has 1 aromatic rings. The topological polar surface area (TPSA) is 128 Å². The number of nitro benzene ring substituents is 1. The van der Waals surface area contributed by atoms with Crippen molar-refractivity contribution in [2.24, 2.45) is 5.92 Å². The number of rotatable bonds is 7. The number of nitro groups is 1. The van der Waals surface area contributed by atoms with Gasteiger partial charge in [0.1, 0.15) is 12.7 Å². The molecule has 0 saturated carbocycles. The van der Waals surface area contributed by atoms with Crippen LogP contribution in [0.3, 0.4) is 0 Å². The third-order valence-corrected chi connectivity index (χ3v) is 3.83. The van der Waals surface area contributed by atoms with Crippen LogP contribution in [0.25, 0.3) is 0 Å². The van der Waals surface area contributed by atoms with E-state index in [1.54, 1.807) is 13.0 Å². The number of hydrogen-bond acceptors (Lipinski definition) is 7. The second-order valence-corrected chi connectivity index (χ2v) is 5.40. The van der Waals surface area contributed by atoms with Gasteiger partial charge in [-0.3, -0.25) is 14.9 Å². The van der Waals surface area contributed by atoms with Gasteiger partial charge in [-0.25, -0.2) is 4.79 Å². The summed E-state index contributed by atoms with van der Waals surface area (Å²) in [5.41, 5.74) is 0.0892. The minimum atomic E-state index is -1.01. The number of para-hydroxylation sites is 1. The van der Waals surface area contributed by atoms with Gasteiger partial charge in [-0.2, -0.15) is 0 Å². The molecule has 24 heavy (non-hydrogen) atoms. The third kappa shape index (κ3) is 3.99. The molecular weight excluding hydrogens is 320 g/mol. The predicted molar refractivity (Wildman–Crippen MR) is 81.0 cm³/mol. The van der Waals surface area contributed by atoms with Gasteiger partial charge in [-0.05, 0) is 19.4 Å². The lowest BCUT2D eigenvalue weighted by molar-refractivity contribution is -0.385. The normalized spacial score (nSPS) is 20.5. The first-order valence-electron chi connectivity index (χ1n) is 7.41. The molecule has 1 heterocycles. The molecule has 0 aliphatic carbocycles. The fourth-order valence-corrected chi connectivity index (χ4v) is 2.59. The lowest BCUT2D eigenvalue weighted by Crippen LogP contribution is -2.62. The van der Waals surface area contributed by atoms with Crippen molar-refractivity contribution in [3.05, 3.63) is 39.9 Å². The van der Waals surface area contributed by atoms with E-state index in [-0.39, 0.29) is 36.4 Å². The molecule has 0 aromatic heterocycles. The molecule has 1 aliphatic rings. The molecule has 2 rings (SSSR count). The summed E-state index contributed by atoms with van der Waals surface area (Å²) in [6, 6.07) is 5.65. The summed E-state index contributed by atoms with van der Waals surface area (Å²) in [4.78, 5) is 33.6. The number of amides is 1. The van der Waals surface area contributed by atoms with Crippen molar-refractivity contribution in [3.63, 3.8) is 0 Å². The van der Waals surface area contributed by atoms with Gasteiger partial charge in [0.15, 0.2) is 0 Å². The minimum Gasteiger partial charge on any atom is -0.430 e. The number of aliphatic hydroxyl groups excluding tert-OH is 1. The van der Waals surface area contributed by atoms with Crippen LogP contribution in [0.1, 0.15) is 18.9 Å². The van der Waals surface area contributed by atoms with Crippen LogP contribution < -0.4 is 5.32 Å². The highest BCUT2D eigenvalue weighted by Crippen LogP contribution is 2.24. The summed E-state index contributed by atoms with van der Waals surface area (Å²) in [6.45, 7) is 1.16. The summed E-state index contributed by atoms with van der Waals surface area (Å²) >= 11 is 0. The molecule has 9 heteroatoms. The van der Waals surface area contributed by atoms with Crippen molar-refractivity contribution in [1.82, 2.24) is 5.32 Å². The van der Waals surface area contributed by atoms with E-state index in [0.29, 0.717) is 6.42 Å². The molecule has 1 saturated heterocycles. The Balaban J connectivity index is 1.87. The van der Waals surface area contributed by atoms with Crippen LogP contribution in [0.2, 0.25) is 0 Å². The number of carbonyl (C=O) groups is 2. The van der Waals surface area contributed by atoms with Crippen molar-refractivity contribution in [2.75, 3.05) is 6.61 Å². The maximum Gasteiger partial charge on any atom is 0.508 e. The molecular formula is C15H18N2O7. The SMILES string of the molecule is CC(OC(=O)OCc1ccccc1[N+](=O)[O-])C1C(=O)NC1CCO. The first-order valence-corrected chi connectivity index (χ1v) is 7.41. The van der Waals surface area contributed by atoms with Crippen molar-refractivity contribution in [2.45, 2.75) is 32.1 Å². The van der Waals surface area contributed by atoms with Crippen LogP contribution in [-0.4, -0.2) is 40.8 Å². The van der Waals surface area contributed by atoms with Crippen LogP contribution in [0, 0.1) is 16.0 Å². The second kappa shape index (κ2) is 7.73. The highest BCUT2D eigenvalue weighted by molar-refractivity contribution is 5.86. The Morgan fingerprint density at radius 1 is 1.46 bits per heavy atom. The van der Waals surface area contributed by atoms with E-state index < -0.39 is 23.1 Å². The fraction of sp³-hybridized carbons (Fsp3) is 0.467. The van der Waals surface area contributed by atoms with Crippen LogP contribution >= 0.6 is 0 Å². The van der Waals surface area contributed by atoms with Gasteiger partial charge in [-0.1, -0.05) is 12.1 Å². The lowest BCUT2D eigenvalue weighted by Gasteiger charge is -2.39. The van der Waals surface area contributed by atoms with Crippen molar-refractivity contribution < 1.29 is 29.1 Å². The average molecular weight is 338 g/mol. The Kier molecular flexibility index (Phi) is 5.69. The minimum absolute atomic E-state index is 0.0870. The van der Waals surface area contributed by atoms with Gasteiger partial charge in [0.2, 0.25) is 5.91 Å². The van der Waals surface area contributed by atoms with Gasteiger partial charge in [0, 0.05) is 18.7 Å². The van der Waals surface area contributed by atoms with Gasteiger partial charge < -0.3 is 19.9 Å². The van der Waals surface area contributed by atoms with Gasteiger partial charge >= 0.3 is 6.16 Å². The molecule has 0 bridgehead atoms. The molecule has 1 amide bonds. The van der Waals surface area contributed by atoms with E-state index in [2.05, 4.69) is 5.32 Å². The smallest absolute Gasteiger partial charge is 0.430 e. The molecule has 0 radical (unpaired) electrons. The predicted octanol–water partition coefficient (Wildman–Crippen LogP) is 1.13. The number of benzene rings is 1. The number of nitrogens with zero attached hydrogens (tertiary/aromatic N) is 1. The zero-order valence-corrected chi connectivity index (χ0v) is 13.0. The van der Waals surface area contributed by atoms with E-state index in [9.17, 15) is 19.7 Å². The van der Waals surface area contributed by atoms with Crippen molar-refractivity contribution in [3.8, 4) is 0 Å². The van der Waals surface area contributed by atoms with E-state index in [4.69, 9.17) is 14.6 Å². The molecule has 130 valence electrons. The standard InChI is InChI=1S/C15H18N2O7/c1-9(13-11(6-7-18)16-14(13)19)24-15(20)23-8-10-4-2-3-5-12(10)17(21)22/h2-5,9,11,13,18H,6-8H2,1H3,(H,16,19). The first-order chi connectivity index (χ1) is 11.4. The molecule has 3 unspecified atom stereocenters. The molecule has 1 aliphatic heterocycles. The first kappa shape index (κ1) is 17.7. The van der Waals surface area contributed by atoms with Crippen molar-refractivity contribution >= 4 is 17.7 Å². The van der Waals surface area contributed by atoms with Crippen molar-refractivity contribution in [1.29, 1.82) is 0 Å². The fourth-order valence-electron chi connectivity index (χ4n) is 2.59. The third-order valence-electron chi connectivity index (χ3n) is 3.83. The van der Waals surface area contributed by atoms with Gasteiger partial charge in [-0.15, -0.1) is 0 Å². The highest BCUT2D eigenvalue weighted by Gasteiger charge is 2.44. The van der Waals surface area contributed by atoms with Crippen LogP contribution in [0.4, 0.5) is 10.5 Å². The summed E-state index contributed by atoms with van der Waals surface area (Å²) in [7, 11) is 0. The Morgan fingerprint density at radius 3 is 2.79 bits per heavy atom. The quantitative estimate of drug-likeness (QED) is 0.330. The number of ether oxygens (including phenoxy) is 2. The summed E-state index contributed by atoms with van der Waals surface area (Å²) < 4.78 is 9.94. The van der Waals surface area contributed by atoms with Gasteiger partial charge in [0.05, 0.1) is 16.4 Å². The molecule has 0 spiro atoms. The Morgan fingerprint density at radius 2 is 2.17 bits per heavy atom. The van der Waals surface area contributed by atoms with Crippen LogP contribution in [0.5, 0.6) is 0 Å². The zero-order valence-electron chi connectivity index (χ0n) is 13.0. The monoisotopic (exact) mass is 338 g/mol. The lowest BCUT2D eigenvalue weighted by atomic mass is 9.84. The molecule has 2 N–H and O–H groups in total. The van der Waals surface area contributed by atoms with E-state index in [1.165, 1.54) is 18.2 Å². The zero-order chi connectivity index (χ0) is 17.7. The molecule has 3 atom stereocenters. The Labute approximate surface area is 137 Å². The van der Waals surface area contributed by atoms with E-state index in [1.807, 2.05) is 0 Å². The number of hydrogen-bond donors (Lipinski definition) is 2.